The van der Waals surface area contributed by atoms with Crippen molar-refractivity contribution in [3.8, 4) is 17.0 Å². The second kappa shape index (κ2) is 15.3. The highest BCUT2D eigenvalue weighted by atomic mass is 32.1. The van der Waals surface area contributed by atoms with Crippen LogP contribution < -0.4 is 10.5 Å². The molecule has 1 aromatic heterocycles. The van der Waals surface area contributed by atoms with Gasteiger partial charge in [-0.15, -0.1) is 11.3 Å². The Balaban J connectivity index is 1.45. The number of unbranched alkanes of at least 4 members (excludes halogenated alkanes) is 13. The van der Waals surface area contributed by atoms with Gasteiger partial charge in [-0.25, -0.2) is 4.98 Å². The van der Waals surface area contributed by atoms with Gasteiger partial charge < -0.3 is 10.5 Å². The number of para-hydroxylation sites is 1. The smallest absolute Gasteiger partial charge is 0.180 e. The van der Waals surface area contributed by atoms with Crippen LogP contribution in [0.5, 0.6) is 5.75 Å². The summed E-state index contributed by atoms with van der Waals surface area (Å²) in [5.41, 5.74) is 7.71. The third-order valence-corrected chi connectivity index (χ3v) is 6.11. The molecule has 0 saturated heterocycles. The molecule has 0 aliphatic heterocycles. The molecule has 0 unspecified atom stereocenters. The summed E-state index contributed by atoms with van der Waals surface area (Å²) in [6.07, 6.45) is 19.3. The number of thiazole rings is 1. The molecule has 0 atom stereocenters. The first-order valence-corrected chi connectivity index (χ1v) is 12.6. The summed E-state index contributed by atoms with van der Waals surface area (Å²) in [6, 6.07) is 8.10. The summed E-state index contributed by atoms with van der Waals surface area (Å²) < 4.78 is 6.03. The number of nitrogens with two attached hydrogens (primary N) is 1. The molecule has 2 N–H and O–H groups in total. The monoisotopic (exact) mass is 416 g/mol. The van der Waals surface area contributed by atoms with Crippen molar-refractivity contribution in [1.82, 2.24) is 4.98 Å². The van der Waals surface area contributed by atoms with Crippen LogP contribution in [0.4, 0.5) is 5.13 Å². The largest absolute Gasteiger partial charge is 0.493 e. The van der Waals surface area contributed by atoms with Crippen LogP contribution in [0.1, 0.15) is 96.8 Å². The van der Waals surface area contributed by atoms with Gasteiger partial charge in [0.25, 0.3) is 0 Å². The van der Waals surface area contributed by atoms with Crippen LogP contribution in [0.3, 0.4) is 0 Å². The molecule has 0 fully saturated rings. The van der Waals surface area contributed by atoms with E-state index >= 15 is 0 Å². The Labute approximate surface area is 182 Å². The SMILES string of the molecule is CCCCCCCCCCCCCCCCOc1ccccc1-c1csc(N)n1. The van der Waals surface area contributed by atoms with Crippen molar-refractivity contribution in [2.24, 2.45) is 0 Å². The molecule has 4 heteroatoms. The van der Waals surface area contributed by atoms with Gasteiger partial charge in [-0.2, -0.15) is 0 Å². The highest BCUT2D eigenvalue weighted by molar-refractivity contribution is 7.13. The lowest BCUT2D eigenvalue weighted by Crippen LogP contribution is -1.99. The summed E-state index contributed by atoms with van der Waals surface area (Å²) >= 11 is 1.47. The van der Waals surface area contributed by atoms with E-state index in [-0.39, 0.29) is 0 Å². The topological polar surface area (TPSA) is 48.1 Å². The van der Waals surface area contributed by atoms with E-state index in [1.54, 1.807) is 0 Å². The molecule has 0 radical (unpaired) electrons. The standard InChI is InChI=1S/C25H40N2OS/c1-2-3-4-5-6-7-8-9-10-11-12-13-14-17-20-28-24-19-16-15-18-22(24)23-21-29-25(26)27-23/h15-16,18-19,21H,2-14,17,20H2,1H3,(H2,26,27). The first-order chi connectivity index (χ1) is 14.3. The van der Waals surface area contributed by atoms with Crippen molar-refractivity contribution in [2.45, 2.75) is 96.8 Å². The maximum atomic E-state index is 6.03. The molecular weight excluding hydrogens is 376 g/mol. The van der Waals surface area contributed by atoms with Gasteiger partial charge in [-0.1, -0.05) is 103 Å². The molecule has 0 bridgehead atoms. The third kappa shape index (κ3) is 10.2. The van der Waals surface area contributed by atoms with Crippen LogP contribution in [0, 0.1) is 0 Å². The lowest BCUT2D eigenvalue weighted by atomic mass is 10.0. The Bertz CT molecular complexity index is 656. The van der Waals surface area contributed by atoms with E-state index in [4.69, 9.17) is 10.5 Å². The molecular formula is C25H40N2OS. The summed E-state index contributed by atoms with van der Waals surface area (Å²) in [5, 5.41) is 2.59. The van der Waals surface area contributed by atoms with Crippen LogP contribution in [-0.4, -0.2) is 11.6 Å². The molecule has 2 rings (SSSR count). The van der Waals surface area contributed by atoms with Crippen LogP contribution in [0.15, 0.2) is 29.6 Å². The summed E-state index contributed by atoms with van der Waals surface area (Å²) in [7, 11) is 0. The Morgan fingerprint density at radius 1 is 0.793 bits per heavy atom. The van der Waals surface area contributed by atoms with Crippen molar-refractivity contribution in [3.63, 3.8) is 0 Å². The quantitative estimate of drug-likeness (QED) is 0.264. The zero-order valence-corrected chi connectivity index (χ0v) is 19.2. The van der Waals surface area contributed by atoms with Gasteiger partial charge in [0.15, 0.2) is 5.13 Å². The molecule has 1 heterocycles. The van der Waals surface area contributed by atoms with Crippen LogP contribution in [0.25, 0.3) is 11.3 Å². The number of anilines is 1. The van der Waals surface area contributed by atoms with Crippen molar-refractivity contribution in [1.29, 1.82) is 0 Å². The fourth-order valence-electron chi connectivity index (χ4n) is 3.69. The van der Waals surface area contributed by atoms with Crippen LogP contribution >= 0.6 is 11.3 Å². The highest BCUT2D eigenvalue weighted by Gasteiger charge is 2.08. The van der Waals surface area contributed by atoms with Gasteiger partial charge in [-0.05, 0) is 18.6 Å². The molecule has 0 amide bonds. The second-order valence-electron chi connectivity index (χ2n) is 8.01. The Hall–Kier alpha value is -1.55. The Morgan fingerprint density at radius 3 is 1.90 bits per heavy atom. The summed E-state index contributed by atoms with van der Waals surface area (Å²) in [6.45, 7) is 3.06. The van der Waals surface area contributed by atoms with Gasteiger partial charge in [0.05, 0.1) is 12.3 Å². The minimum Gasteiger partial charge on any atom is -0.493 e. The van der Waals surface area contributed by atoms with Crippen LogP contribution in [-0.2, 0) is 0 Å². The van der Waals surface area contributed by atoms with E-state index in [0.29, 0.717) is 5.13 Å². The normalized spacial score (nSPS) is 11.1. The minimum absolute atomic E-state index is 0.599. The predicted molar refractivity (Wildman–Crippen MR) is 128 cm³/mol. The lowest BCUT2D eigenvalue weighted by Gasteiger charge is -2.10. The van der Waals surface area contributed by atoms with E-state index < -0.39 is 0 Å². The fourth-order valence-corrected chi connectivity index (χ4v) is 4.26. The number of hydrogen-bond donors (Lipinski definition) is 1. The summed E-state index contributed by atoms with van der Waals surface area (Å²) in [4.78, 5) is 4.38. The molecule has 0 aliphatic carbocycles. The molecule has 29 heavy (non-hydrogen) atoms. The molecule has 0 saturated carbocycles. The number of rotatable bonds is 17. The van der Waals surface area contributed by atoms with Gasteiger partial charge in [-0.3, -0.25) is 0 Å². The van der Waals surface area contributed by atoms with E-state index in [9.17, 15) is 0 Å². The Morgan fingerprint density at radius 2 is 1.34 bits per heavy atom. The number of benzene rings is 1. The Kier molecular flexibility index (Phi) is 12.5. The lowest BCUT2D eigenvalue weighted by molar-refractivity contribution is 0.305. The predicted octanol–water partition coefficient (Wildman–Crippen LogP) is 8.25. The zero-order chi connectivity index (χ0) is 20.6. The van der Waals surface area contributed by atoms with Crippen molar-refractivity contribution < 1.29 is 4.74 Å². The number of nitrogen functional groups attached to an aromatic ring is 1. The average Bonchev–Trinajstić information content (AvgIpc) is 3.17. The van der Waals surface area contributed by atoms with Gasteiger partial charge in [0.2, 0.25) is 0 Å². The zero-order valence-electron chi connectivity index (χ0n) is 18.3. The van der Waals surface area contributed by atoms with Crippen LogP contribution in [0.2, 0.25) is 0 Å². The van der Waals surface area contributed by atoms with E-state index in [0.717, 1.165) is 30.0 Å². The molecule has 1 aromatic carbocycles. The van der Waals surface area contributed by atoms with Crippen molar-refractivity contribution in [2.75, 3.05) is 12.3 Å². The molecule has 3 nitrogen and oxygen atoms in total. The van der Waals surface area contributed by atoms with Gasteiger partial charge in [0.1, 0.15) is 5.75 Å². The molecule has 162 valence electrons. The fraction of sp³-hybridized carbons (Fsp3) is 0.640. The van der Waals surface area contributed by atoms with Gasteiger partial charge in [0, 0.05) is 10.9 Å². The molecule has 2 aromatic rings. The maximum absolute atomic E-state index is 6.03. The van der Waals surface area contributed by atoms with Gasteiger partial charge >= 0.3 is 0 Å². The molecule has 0 spiro atoms. The maximum Gasteiger partial charge on any atom is 0.180 e. The number of nitrogens with zero attached hydrogens (tertiary/aromatic N) is 1. The molecule has 0 aliphatic rings. The van der Waals surface area contributed by atoms with E-state index in [1.807, 2.05) is 23.6 Å². The average molecular weight is 417 g/mol. The third-order valence-electron chi connectivity index (χ3n) is 5.44. The highest BCUT2D eigenvalue weighted by Crippen LogP contribution is 2.31. The number of aromatic nitrogens is 1. The summed E-state index contributed by atoms with van der Waals surface area (Å²) in [5.74, 6) is 0.910. The van der Waals surface area contributed by atoms with E-state index in [1.165, 1.54) is 94.8 Å². The van der Waals surface area contributed by atoms with E-state index in [2.05, 4.69) is 18.0 Å². The second-order valence-corrected chi connectivity index (χ2v) is 8.90. The minimum atomic E-state index is 0.599. The first-order valence-electron chi connectivity index (χ1n) is 11.7. The number of hydrogen-bond acceptors (Lipinski definition) is 4. The van der Waals surface area contributed by atoms with Crippen molar-refractivity contribution >= 4 is 16.5 Å². The van der Waals surface area contributed by atoms with Crippen molar-refractivity contribution in [3.05, 3.63) is 29.6 Å². The first kappa shape index (κ1) is 23.7. The number of ether oxygens (including phenoxy) is 1.